The van der Waals surface area contributed by atoms with Crippen LogP contribution >= 0.6 is 0 Å². The van der Waals surface area contributed by atoms with E-state index >= 15 is 0 Å². The molecule has 7 nitrogen and oxygen atoms in total. The van der Waals surface area contributed by atoms with Crippen LogP contribution in [-0.4, -0.2) is 57.4 Å². The number of amides is 1. The summed E-state index contributed by atoms with van der Waals surface area (Å²) < 4.78 is 61.5. The molecule has 1 aliphatic rings. The maximum atomic E-state index is 13.0. The Morgan fingerprint density at radius 1 is 1.13 bits per heavy atom. The molecule has 0 aliphatic carbocycles. The predicted molar refractivity (Wildman–Crippen MR) is 110 cm³/mol. The van der Waals surface area contributed by atoms with Gasteiger partial charge in [0.15, 0.2) is 0 Å². The Morgan fingerprint density at radius 3 is 2.35 bits per heavy atom. The first-order valence-electron chi connectivity index (χ1n) is 9.70. The van der Waals surface area contributed by atoms with Crippen molar-refractivity contribution in [2.24, 2.45) is 0 Å². The van der Waals surface area contributed by atoms with Crippen molar-refractivity contribution in [2.45, 2.75) is 30.9 Å². The van der Waals surface area contributed by atoms with Crippen LogP contribution in [-0.2, 0) is 16.6 Å². The molecule has 0 atom stereocenters. The molecule has 31 heavy (non-hydrogen) atoms. The number of halogens is 2. The zero-order valence-electron chi connectivity index (χ0n) is 17.3. The molecule has 10 heteroatoms. The van der Waals surface area contributed by atoms with E-state index in [1.54, 1.807) is 19.2 Å². The van der Waals surface area contributed by atoms with Crippen LogP contribution in [0.1, 0.15) is 28.8 Å². The molecule has 2 aromatic rings. The third-order valence-electron chi connectivity index (χ3n) is 5.01. The van der Waals surface area contributed by atoms with E-state index in [2.05, 4.69) is 4.74 Å². The normalized spacial score (nSPS) is 14.6. The molecule has 0 bridgehead atoms. The van der Waals surface area contributed by atoms with E-state index < -0.39 is 16.6 Å². The van der Waals surface area contributed by atoms with Crippen molar-refractivity contribution in [1.29, 1.82) is 0 Å². The predicted octanol–water partition coefficient (Wildman–Crippen LogP) is 3.35. The van der Waals surface area contributed by atoms with Crippen LogP contribution in [0, 0.1) is 0 Å². The summed E-state index contributed by atoms with van der Waals surface area (Å²) in [7, 11) is -0.818. The Labute approximate surface area is 180 Å². The highest BCUT2D eigenvalue weighted by atomic mass is 32.2. The van der Waals surface area contributed by atoms with E-state index in [9.17, 15) is 22.0 Å². The molecule has 1 heterocycles. The first-order valence-corrected chi connectivity index (χ1v) is 11.1. The summed E-state index contributed by atoms with van der Waals surface area (Å²) in [5.41, 5.74) is 0.912. The maximum absolute atomic E-state index is 13.0. The van der Waals surface area contributed by atoms with Gasteiger partial charge in [0.05, 0.1) is 7.11 Å². The van der Waals surface area contributed by atoms with E-state index in [1.807, 2.05) is 0 Å². The van der Waals surface area contributed by atoms with Crippen LogP contribution in [0.4, 0.5) is 8.78 Å². The van der Waals surface area contributed by atoms with Crippen molar-refractivity contribution in [3.63, 3.8) is 0 Å². The van der Waals surface area contributed by atoms with Gasteiger partial charge in [0.1, 0.15) is 16.4 Å². The lowest BCUT2D eigenvalue weighted by Crippen LogP contribution is -2.29. The summed E-state index contributed by atoms with van der Waals surface area (Å²) in [4.78, 5) is 14.3. The van der Waals surface area contributed by atoms with Gasteiger partial charge in [-0.15, -0.1) is 0 Å². The van der Waals surface area contributed by atoms with E-state index in [1.165, 1.54) is 46.6 Å². The van der Waals surface area contributed by atoms with Crippen LogP contribution in [0.5, 0.6) is 11.5 Å². The molecule has 168 valence electrons. The van der Waals surface area contributed by atoms with Gasteiger partial charge in [-0.3, -0.25) is 4.79 Å². The molecule has 1 fully saturated rings. The van der Waals surface area contributed by atoms with E-state index in [0.29, 0.717) is 18.7 Å². The Hall–Kier alpha value is -2.72. The summed E-state index contributed by atoms with van der Waals surface area (Å²) in [6.45, 7) is -1.83. The van der Waals surface area contributed by atoms with Crippen molar-refractivity contribution in [1.82, 2.24) is 9.21 Å². The van der Waals surface area contributed by atoms with E-state index in [4.69, 9.17) is 4.74 Å². The Kier molecular flexibility index (Phi) is 7.11. The van der Waals surface area contributed by atoms with Crippen LogP contribution in [0.25, 0.3) is 0 Å². The first-order chi connectivity index (χ1) is 14.7. The number of sulfonamides is 1. The fourth-order valence-electron chi connectivity index (χ4n) is 3.42. The topological polar surface area (TPSA) is 76.1 Å². The number of carbonyl (C=O) groups excluding carboxylic acids is 1. The minimum atomic E-state index is -3.77. The summed E-state index contributed by atoms with van der Waals surface area (Å²) in [6.07, 6.45) is 1.59. The number of alkyl halides is 2. The number of nitrogens with zero attached hydrogens (tertiary/aromatic N) is 2. The van der Waals surface area contributed by atoms with Crippen LogP contribution < -0.4 is 9.47 Å². The van der Waals surface area contributed by atoms with Crippen molar-refractivity contribution >= 4 is 15.9 Å². The molecule has 0 saturated carbocycles. The largest absolute Gasteiger partial charge is 0.495 e. The zero-order chi connectivity index (χ0) is 22.6. The highest BCUT2D eigenvalue weighted by Gasteiger charge is 2.31. The number of carbonyl (C=O) groups is 1. The monoisotopic (exact) mass is 454 g/mol. The van der Waals surface area contributed by atoms with Crippen molar-refractivity contribution in [3.8, 4) is 11.5 Å². The van der Waals surface area contributed by atoms with Crippen molar-refractivity contribution < 1.29 is 31.5 Å². The molecule has 2 aromatic carbocycles. The van der Waals surface area contributed by atoms with Crippen LogP contribution in [0.3, 0.4) is 0 Å². The zero-order valence-corrected chi connectivity index (χ0v) is 18.1. The molecule has 0 spiro atoms. The molecule has 0 aromatic heterocycles. The second-order valence-electron chi connectivity index (χ2n) is 7.16. The standard InChI is InChI=1S/C21H24F2N2O5S/c1-24(14-15-5-8-17(9-6-15)30-21(22)23)20(26)16-7-10-18(29-2)19(13-16)31(27,28)25-11-3-4-12-25/h5-10,13,21H,3-4,11-12,14H2,1-2H3. The van der Waals surface area contributed by atoms with E-state index in [-0.39, 0.29) is 34.4 Å². The molecular weight excluding hydrogens is 430 g/mol. The first kappa shape index (κ1) is 23.0. The Balaban J connectivity index is 1.79. The molecule has 3 rings (SSSR count). The van der Waals surface area contributed by atoms with Gasteiger partial charge in [-0.1, -0.05) is 12.1 Å². The van der Waals surface area contributed by atoms with Gasteiger partial charge < -0.3 is 14.4 Å². The fraction of sp³-hybridized carbons (Fsp3) is 0.381. The van der Waals surface area contributed by atoms with Crippen molar-refractivity contribution in [2.75, 3.05) is 27.2 Å². The van der Waals surface area contributed by atoms with Gasteiger partial charge in [-0.25, -0.2) is 8.42 Å². The molecular formula is C21H24F2N2O5S. The highest BCUT2D eigenvalue weighted by Crippen LogP contribution is 2.30. The summed E-state index contributed by atoms with van der Waals surface area (Å²) in [5, 5.41) is 0. The summed E-state index contributed by atoms with van der Waals surface area (Å²) in [6, 6.07) is 10.3. The average molecular weight is 454 g/mol. The van der Waals surface area contributed by atoms with Gasteiger partial charge in [-0.2, -0.15) is 13.1 Å². The molecule has 1 saturated heterocycles. The number of ether oxygens (including phenoxy) is 2. The molecule has 1 aliphatic heterocycles. The smallest absolute Gasteiger partial charge is 0.387 e. The number of methoxy groups -OCH3 is 1. The van der Waals surface area contributed by atoms with Gasteiger partial charge in [0, 0.05) is 32.2 Å². The van der Waals surface area contributed by atoms with Crippen LogP contribution in [0.15, 0.2) is 47.4 Å². The van der Waals surface area contributed by atoms with Crippen molar-refractivity contribution in [3.05, 3.63) is 53.6 Å². The second-order valence-corrected chi connectivity index (χ2v) is 9.07. The minimum Gasteiger partial charge on any atom is -0.495 e. The minimum absolute atomic E-state index is 0.0274. The third-order valence-corrected chi connectivity index (χ3v) is 6.93. The number of benzene rings is 2. The van der Waals surface area contributed by atoms with Gasteiger partial charge in [0.2, 0.25) is 10.0 Å². The number of hydrogen-bond acceptors (Lipinski definition) is 5. The van der Waals surface area contributed by atoms with E-state index in [0.717, 1.165) is 12.8 Å². The van der Waals surface area contributed by atoms with Gasteiger partial charge in [0.25, 0.3) is 5.91 Å². The molecule has 0 unspecified atom stereocenters. The lowest BCUT2D eigenvalue weighted by atomic mass is 10.1. The quantitative estimate of drug-likeness (QED) is 0.612. The Bertz CT molecular complexity index is 1020. The van der Waals surface area contributed by atoms with Crippen LogP contribution in [0.2, 0.25) is 0 Å². The fourth-order valence-corrected chi connectivity index (χ4v) is 5.12. The molecule has 0 N–H and O–H groups in total. The van der Waals surface area contributed by atoms with Gasteiger partial charge in [-0.05, 0) is 48.7 Å². The highest BCUT2D eigenvalue weighted by molar-refractivity contribution is 7.89. The summed E-state index contributed by atoms with van der Waals surface area (Å²) >= 11 is 0. The SMILES string of the molecule is COc1ccc(C(=O)N(C)Cc2ccc(OC(F)F)cc2)cc1S(=O)(=O)N1CCCC1. The maximum Gasteiger partial charge on any atom is 0.387 e. The average Bonchev–Trinajstić information content (AvgIpc) is 3.29. The summed E-state index contributed by atoms with van der Waals surface area (Å²) in [5.74, 6) is -0.172. The number of rotatable bonds is 8. The van der Waals surface area contributed by atoms with Gasteiger partial charge >= 0.3 is 6.61 Å². The lowest BCUT2D eigenvalue weighted by molar-refractivity contribution is -0.0498. The number of hydrogen-bond donors (Lipinski definition) is 0. The lowest BCUT2D eigenvalue weighted by Gasteiger charge is -2.20. The Morgan fingerprint density at radius 2 is 1.77 bits per heavy atom. The molecule has 1 amide bonds. The third kappa shape index (κ3) is 5.31. The second kappa shape index (κ2) is 9.61. The molecule has 0 radical (unpaired) electrons.